The summed E-state index contributed by atoms with van der Waals surface area (Å²) < 4.78 is 16.9. The van der Waals surface area contributed by atoms with Crippen LogP contribution in [0.5, 0.6) is 0 Å². The maximum absolute atomic E-state index is 12.4. The van der Waals surface area contributed by atoms with E-state index in [1.165, 1.54) is 6.08 Å². The first-order chi connectivity index (χ1) is 15.1. The van der Waals surface area contributed by atoms with Crippen LogP contribution in [0.4, 0.5) is 0 Å². The van der Waals surface area contributed by atoms with Crippen LogP contribution in [-0.4, -0.2) is 87.3 Å². The molecule has 0 spiro atoms. The van der Waals surface area contributed by atoms with E-state index >= 15 is 0 Å². The molecule has 1 heterocycles. The number of hydrogen-bond donors (Lipinski definition) is 0. The van der Waals surface area contributed by atoms with Crippen molar-refractivity contribution in [2.45, 2.75) is 57.3 Å². The smallest absolute Gasteiger partial charge is 0.330 e. The zero-order chi connectivity index (χ0) is 23.7. The molecule has 8 heteroatoms. The van der Waals surface area contributed by atoms with Gasteiger partial charge in [-0.2, -0.15) is 0 Å². The van der Waals surface area contributed by atoms with Crippen molar-refractivity contribution in [3.63, 3.8) is 0 Å². The van der Waals surface area contributed by atoms with Gasteiger partial charge in [-0.3, -0.25) is 19.4 Å². The first-order valence-electron chi connectivity index (χ1n) is 11.4. The second-order valence-electron chi connectivity index (χ2n) is 9.31. The summed E-state index contributed by atoms with van der Waals surface area (Å²) in [6.07, 6.45) is 10.0. The van der Waals surface area contributed by atoms with Gasteiger partial charge in [-0.05, 0) is 79.2 Å². The monoisotopic (exact) mass is 450 g/mol. The molecule has 1 aliphatic heterocycles. The van der Waals surface area contributed by atoms with Crippen molar-refractivity contribution in [3.05, 3.63) is 24.3 Å². The Morgan fingerprint density at radius 3 is 2.34 bits per heavy atom. The van der Waals surface area contributed by atoms with E-state index in [0.717, 1.165) is 19.3 Å². The Morgan fingerprint density at radius 2 is 1.69 bits per heavy atom. The summed E-state index contributed by atoms with van der Waals surface area (Å²) in [7, 11) is 7.22. The number of allylic oxidation sites excluding steroid dienone is 2. The molecule has 1 aliphatic carbocycles. The SMILES string of the molecule is C[C@H]1CCC/C=C/C2CC(OC(=O)CN(C)C)CC2C(OC(=O)CN(C)C)/C=C/C(=O)O1. The minimum absolute atomic E-state index is 0.0724. The number of ether oxygens (including phenoxy) is 3. The molecule has 0 aromatic rings. The standard InChI is InChI=1S/C24H38N2O6/c1-17-9-7-6-8-10-18-13-19(31-23(28)15-25(2)3)14-20(18)21(11-12-22(27)30-17)32-24(29)16-26(4)5/h8,10-12,17-21H,6-7,9,13-16H2,1-5H3/b10-8+,12-11+/t17-,18?,19?,20?,21?/m0/s1. The lowest BCUT2D eigenvalue weighted by atomic mass is 9.89. The Morgan fingerprint density at radius 1 is 1.03 bits per heavy atom. The molecule has 8 nitrogen and oxygen atoms in total. The Hall–Kier alpha value is -2.19. The molecule has 0 bridgehead atoms. The Kier molecular flexibility index (Phi) is 10.4. The zero-order valence-electron chi connectivity index (χ0n) is 20.0. The maximum atomic E-state index is 12.4. The number of carbonyl (C=O) groups is 3. The van der Waals surface area contributed by atoms with E-state index in [-0.39, 0.29) is 49.1 Å². The van der Waals surface area contributed by atoms with Gasteiger partial charge in [-0.25, -0.2) is 4.79 Å². The van der Waals surface area contributed by atoms with Crippen molar-refractivity contribution in [2.24, 2.45) is 11.8 Å². The van der Waals surface area contributed by atoms with Gasteiger partial charge >= 0.3 is 17.9 Å². The molecular weight excluding hydrogens is 412 g/mol. The van der Waals surface area contributed by atoms with Gasteiger partial charge in [0.2, 0.25) is 0 Å². The highest BCUT2D eigenvalue weighted by Crippen LogP contribution is 2.39. The average Bonchev–Trinajstić information content (AvgIpc) is 3.05. The molecule has 0 saturated heterocycles. The lowest BCUT2D eigenvalue weighted by Crippen LogP contribution is -2.32. The number of fused-ring (bicyclic) bond motifs is 1. The molecule has 0 radical (unpaired) electrons. The third-order valence-corrected chi connectivity index (χ3v) is 5.60. The van der Waals surface area contributed by atoms with E-state index in [0.29, 0.717) is 12.8 Å². The largest absolute Gasteiger partial charge is 0.461 e. The molecule has 4 unspecified atom stereocenters. The number of esters is 3. The summed E-state index contributed by atoms with van der Waals surface area (Å²) in [6, 6.07) is 0. The van der Waals surface area contributed by atoms with Crippen LogP contribution in [-0.2, 0) is 28.6 Å². The van der Waals surface area contributed by atoms with Crippen LogP contribution in [0.2, 0.25) is 0 Å². The van der Waals surface area contributed by atoms with Crippen molar-refractivity contribution >= 4 is 17.9 Å². The van der Waals surface area contributed by atoms with Gasteiger partial charge in [0.25, 0.3) is 0 Å². The second kappa shape index (κ2) is 12.7. The summed E-state index contributed by atoms with van der Waals surface area (Å²) in [5.74, 6) is -1.11. The van der Waals surface area contributed by atoms with E-state index in [9.17, 15) is 14.4 Å². The molecular formula is C24H38N2O6. The molecule has 2 rings (SSSR count). The van der Waals surface area contributed by atoms with Gasteiger partial charge < -0.3 is 14.2 Å². The zero-order valence-corrected chi connectivity index (χ0v) is 20.0. The molecule has 5 atom stereocenters. The molecule has 1 saturated carbocycles. The number of likely N-dealkylation sites (N-methyl/N-ethyl adjacent to an activating group) is 2. The fourth-order valence-corrected chi connectivity index (χ4v) is 4.21. The lowest BCUT2D eigenvalue weighted by Gasteiger charge is -2.25. The first kappa shape index (κ1) is 26.1. The minimum atomic E-state index is -0.613. The van der Waals surface area contributed by atoms with Crippen molar-refractivity contribution in [3.8, 4) is 0 Å². The lowest BCUT2D eigenvalue weighted by molar-refractivity contribution is -0.152. The van der Waals surface area contributed by atoms with Crippen molar-refractivity contribution in [2.75, 3.05) is 41.3 Å². The third kappa shape index (κ3) is 9.12. The third-order valence-electron chi connectivity index (χ3n) is 5.60. The van der Waals surface area contributed by atoms with Crippen molar-refractivity contribution in [1.29, 1.82) is 0 Å². The topological polar surface area (TPSA) is 85.4 Å². The number of cyclic esters (lactones) is 1. The predicted molar refractivity (Wildman–Crippen MR) is 121 cm³/mol. The summed E-state index contributed by atoms with van der Waals surface area (Å²) in [5, 5.41) is 0. The van der Waals surface area contributed by atoms with Crippen LogP contribution >= 0.6 is 0 Å². The highest BCUT2D eigenvalue weighted by atomic mass is 16.6. The van der Waals surface area contributed by atoms with Gasteiger partial charge in [-0.1, -0.05) is 12.2 Å². The Bertz CT molecular complexity index is 703. The quantitative estimate of drug-likeness (QED) is 0.346. The highest BCUT2D eigenvalue weighted by Gasteiger charge is 2.40. The molecule has 180 valence electrons. The van der Waals surface area contributed by atoms with Crippen molar-refractivity contribution < 1.29 is 28.6 Å². The predicted octanol–water partition coefficient (Wildman–Crippen LogP) is 2.19. The fourth-order valence-electron chi connectivity index (χ4n) is 4.21. The van der Waals surface area contributed by atoms with E-state index in [4.69, 9.17) is 14.2 Å². The van der Waals surface area contributed by atoms with E-state index in [1.807, 2.05) is 21.0 Å². The van der Waals surface area contributed by atoms with Gasteiger partial charge in [0.15, 0.2) is 0 Å². The number of carbonyl (C=O) groups excluding carboxylic acids is 3. The van der Waals surface area contributed by atoms with E-state index in [2.05, 4.69) is 12.2 Å². The molecule has 0 aromatic carbocycles. The normalized spacial score (nSPS) is 31.0. The molecule has 0 N–H and O–H groups in total. The second-order valence-corrected chi connectivity index (χ2v) is 9.31. The van der Waals surface area contributed by atoms with Gasteiger partial charge in [0.05, 0.1) is 19.2 Å². The van der Waals surface area contributed by atoms with Gasteiger partial charge in [0.1, 0.15) is 12.2 Å². The summed E-state index contributed by atoms with van der Waals surface area (Å²) in [4.78, 5) is 40.4. The number of hydrogen-bond acceptors (Lipinski definition) is 8. The molecule has 32 heavy (non-hydrogen) atoms. The Balaban J connectivity index is 2.24. The fraction of sp³-hybridized carbons (Fsp3) is 0.708. The maximum Gasteiger partial charge on any atom is 0.330 e. The van der Waals surface area contributed by atoms with Crippen LogP contribution in [0.25, 0.3) is 0 Å². The van der Waals surface area contributed by atoms with Crippen LogP contribution in [0.1, 0.15) is 39.0 Å². The minimum Gasteiger partial charge on any atom is -0.461 e. The Labute approximate surface area is 191 Å². The molecule has 0 amide bonds. The summed E-state index contributed by atoms with van der Waals surface area (Å²) in [5.41, 5.74) is 0. The molecule has 0 aromatic heterocycles. The average molecular weight is 451 g/mol. The summed E-state index contributed by atoms with van der Waals surface area (Å²) in [6.45, 7) is 2.23. The van der Waals surface area contributed by atoms with Gasteiger partial charge in [-0.15, -0.1) is 0 Å². The first-order valence-corrected chi connectivity index (χ1v) is 11.4. The number of rotatable bonds is 6. The molecule has 2 aliphatic rings. The van der Waals surface area contributed by atoms with Crippen LogP contribution in [0, 0.1) is 11.8 Å². The summed E-state index contributed by atoms with van der Waals surface area (Å²) >= 11 is 0. The van der Waals surface area contributed by atoms with Gasteiger partial charge in [0, 0.05) is 12.0 Å². The van der Waals surface area contributed by atoms with E-state index in [1.54, 1.807) is 30.0 Å². The van der Waals surface area contributed by atoms with Crippen molar-refractivity contribution in [1.82, 2.24) is 9.80 Å². The van der Waals surface area contributed by atoms with Crippen LogP contribution < -0.4 is 0 Å². The van der Waals surface area contributed by atoms with Crippen LogP contribution in [0.3, 0.4) is 0 Å². The molecule has 1 fully saturated rings. The number of nitrogens with zero attached hydrogens (tertiary/aromatic N) is 2. The van der Waals surface area contributed by atoms with E-state index < -0.39 is 12.1 Å². The highest BCUT2D eigenvalue weighted by molar-refractivity contribution is 5.82. The van der Waals surface area contributed by atoms with Crippen LogP contribution in [0.15, 0.2) is 24.3 Å².